The van der Waals surface area contributed by atoms with Crippen LogP contribution in [0, 0.1) is 0 Å². The zero-order valence-corrected chi connectivity index (χ0v) is 32.0. The van der Waals surface area contributed by atoms with E-state index < -0.39 is 0 Å². The van der Waals surface area contributed by atoms with Gasteiger partial charge in [-0.15, -0.1) is 11.3 Å². The van der Waals surface area contributed by atoms with Gasteiger partial charge in [-0.2, -0.15) is 0 Å². The molecule has 12 rings (SSSR count). The Labute approximate surface area is 338 Å². The van der Waals surface area contributed by atoms with Gasteiger partial charge in [-0.1, -0.05) is 133 Å². The van der Waals surface area contributed by atoms with E-state index in [1.54, 1.807) is 0 Å². The summed E-state index contributed by atoms with van der Waals surface area (Å²) in [5.41, 5.74) is 13.5. The molecule has 0 aliphatic rings. The van der Waals surface area contributed by atoms with E-state index in [0.29, 0.717) is 0 Å². The number of rotatable bonds is 6. The van der Waals surface area contributed by atoms with Gasteiger partial charge in [-0.05, 0) is 94.5 Å². The Morgan fingerprint density at radius 1 is 0.362 bits per heavy atom. The third kappa shape index (κ3) is 5.12. The highest BCUT2D eigenvalue weighted by Gasteiger charge is 2.23. The van der Waals surface area contributed by atoms with Gasteiger partial charge in [0.05, 0.1) is 11.1 Å². The summed E-state index contributed by atoms with van der Waals surface area (Å²) in [5, 5.41) is 7.02. The predicted octanol–water partition coefficient (Wildman–Crippen LogP) is 16.3. The summed E-state index contributed by atoms with van der Waals surface area (Å²) < 4.78 is 15.8. The Kier molecular flexibility index (Phi) is 7.40. The molecule has 4 heteroatoms. The molecular weight excluding hydrogens is 727 g/mol. The first-order valence-electron chi connectivity index (χ1n) is 19.6. The lowest BCUT2D eigenvalue weighted by Gasteiger charge is -2.27. The topological polar surface area (TPSA) is 29.5 Å². The maximum Gasteiger partial charge on any atom is 0.145 e. The van der Waals surface area contributed by atoms with Crippen LogP contribution in [0.1, 0.15) is 0 Å². The quantitative estimate of drug-likeness (QED) is 0.169. The molecule has 0 saturated heterocycles. The molecule has 9 aromatic carbocycles. The highest BCUT2D eigenvalue weighted by molar-refractivity contribution is 7.26. The Bertz CT molecular complexity index is 3520. The van der Waals surface area contributed by atoms with Crippen molar-refractivity contribution in [1.29, 1.82) is 0 Å². The van der Waals surface area contributed by atoms with E-state index in [1.807, 2.05) is 29.5 Å². The minimum absolute atomic E-state index is 0.858. The van der Waals surface area contributed by atoms with Crippen LogP contribution < -0.4 is 4.90 Å². The van der Waals surface area contributed by atoms with Gasteiger partial charge in [0.1, 0.15) is 22.3 Å². The Balaban J connectivity index is 1.02. The molecule has 58 heavy (non-hydrogen) atoms. The highest BCUT2D eigenvalue weighted by atomic mass is 32.1. The first kappa shape index (κ1) is 32.8. The van der Waals surface area contributed by atoms with E-state index in [-0.39, 0.29) is 0 Å². The molecule has 0 spiro atoms. The second-order valence-corrected chi connectivity index (χ2v) is 15.8. The van der Waals surface area contributed by atoms with Crippen LogP contribution >= 0.6 is 11.3 Å². The van der Waals surface area contributed by atoms with Gasteiger partial charge in [0, 0.05) is 53.3 Å². The second kappa shape index (κ2) is 13.1. The summed E-state index contributed by atoms with van der Waals surface area (Å²) in [6.07, 6.45) is 0. The molecule has 12 aromatic rings. The fourth-order valence-electron chi connectivity index (χ4n) is 8.86. The van der Waals surface area contributed by atoms with Gasteiger partial charge in [-0.25, -0.2) is 0 Å². The third-order valence-electron chi connectivity index (χ3n) is 11.5. The van der Waals surface area contributed by atoms with Crippen LogP contribution in [0.25, 0.3) is 97.4 Å². The monoisotopic (exact) mass is 759 g/mol. The highest BCUT2D eigenvalue weighted by Crippen LogP contribution is 2.47. The van der Waals surface area contributed by atoms with E-state index >= 15 is 0 Å². The number of nitrogens with zero attached hydrogens (tertiary/aromatic N) is 1. The number of thiophene rings is 1. The summed E-state index contributed by atoms with van der Waals surface area (Å²) in [7, 11) is 0. The van der Waals surface area contributed by atoms with E-state index in [0.717, 1.165) is 83.2 Å². The largest absolute Gasteiger partial charge is 0.456 e. The van der Waals surface area contributed by atoms with Crippen LogP contribution in [0.3, 0.4) is 0 Å². The molecule has 0 radical (unpaired) electrons. The summed E-state index contributed by atoms with van der Waals surface area (Å²) >= 11 is 1.87. The maximum absolute atomic E-state index is 6.86. The standard InChI is InChI=1S/C54H33NO2S/c1-2-15-37(16-3-1)55(38-29-27-34(28-30-38)41-21-11-22-43-42-17-6-9-26-50(42)58-54(41)43)46-32-31-40(53-52(46)45-19-5-8-24-48(45)57-53)36-14-10-13-35(33-36)39-20-12-25-49-51(39)44-18-4-7-23-47(44)56-49/h1-33H. The molecule has 3 nitrogen and oxygen atoms in total. The van der Waals surface area contributed by atoms with Gasteiger partial charge in [0.2, 0.25) is 0 Å². The van der Waals surface area contributed by atoms with Crippen LogP contribution in [-0.4, -0.2) is 0 Å². The smallest absolute Gasteiger partial charge is 0.145 e. The number of benzene rings is 9. The molecule has 0 saturated carbocycles. The van der Waals surface area contributed by atoms with Crippen LogP contribution in [0.4, 0.5) is 17.1 Å². The van der Waals surface area contributed by atoms with Crippen LogP contribution in [-0.2, 0) is 0 Å². The van der Waals surface area contributed by atoms with Crippen molar-refractivity contribution in [1.82, 2.24) is 0 Å². The molecule has 3 aromatic heterocycles. The molecule has 0 fully saturated rings. The summed E-state index contributed by atoms with van der Waals surface area (Å²) in [6.45, 7) is 0. The zero-order valence-electron chi connectivity index (χ0n) is 31.2. The third-order valence-corrected chi connectivity index (χ3v) is 12.7. The number of furan rings is 2. The Morgan fingerprint density at radius 3 is 1.79 bits per heavy atom. The number of hydrogen-bond donors (Lipinski definition) is 0. The molecule has 272 valence electrons. The Hall–Kier alpha value is -7.40. The number of anilines is 3. The fourth-order valence-corrected chi connectivity index (χ4v) is 10.1. The first-order chi connectivity index (χ1) is 28.8. The van der Waals surface area contributed by atoms with E-state index in [4.69, 9.17) is 8.83 Å². The lowest BCUT2D eigenvalue weighted by atomic mass is 9.94. The molecular formula is C54H33NO2S. The van der Waals surface area contributed by atoms with E-state index in [9.17, 15) is 0 Å². The molecule has 0 N–H and O–H groups in total. The van der Waals surface area contributed by atoms with Crippen molar-refractivity contribution in [3.05, 3.63) is 200 Å². The average molecular weight is 760 g/mol. The number of fused-ring (bicyclic) bond motifs is 9. The average Bonchev–Trinajstić information content (AvgIpc) is 3.99. The number of para-hydroxylation sites is 3. The van der Waals surface area contributed by atoms with Crippen molar-refractivity contribution in [2.24, 2.45) is 0 Å². The number of hydrogen-bond acceptors (Lipinski definition) is 4. The minimum Gasteiger partial charge on any atom is -0.456 e. The summed E-state index contributed by atoms with van der Waals surface area (Å²) in [4.78, 5) is 2.36. The normalized spacial score (nSPS) is 11.8. The maximum atomic E-state index is 6.86. The molecule has 0 amide bonds. The minimum atomic E-state index is 0.858. The lowest BCUT2D eigenvalue weighted by Crippen LogP contribution is -2.10. The first-order valence-corrected chi connectivity index (χ1v) is 20.4. The lowest BCUT2D eigenvalue weighted by molar-refractivity contribution is 0.669. The van der Waals surface area contributed by atoms with Gasteiger partial charge in [-0.3, -0.25) is 0 Å². The second-order valence-electron chi connectivity index (χ2n) is 14.8. The van der Waals surface area contributed by atoms with Gasteiger partial charge < -0.3 is 13.7 Å². The zero-order chi connectivity index (χ0) is 38.2. The van der Waals surface area contributed by atoms with Crippen molar-refractivity contribution >= 4 is 92.4 Å². The van der Waals surface area contributed by atoms with Gasteiger partial charge >= 0.3 is 0 Å². The summed E-state index contributed by atoms with van der Waals surface area (Å²) in [5.74, 6) is 0. The van der Waals surface area contributed by atoms with Crippen LogP contribution in [0.2, 0.25) is 0 Å². The van der Waals surface area contributed by atoms with Gasteiger partial charge in [0.15, 0.2) is 0 Å². The van der Waals surface area contributed by atoms with Crippen LogP contribution in [0.5, 0.6) is 0 Å². The van der Waals surface area contributed by atoms with Crippen molar-refractivity contribution in [3.63, 3.8) is 0 Å². The van der Waals surface area contributed by atoms with Crippen molar-refractivity contribution in [2.75, 3.05) is 4.90 Å². The van der Waals surface area contributed by atoms with Crippen molar-refractivity contribution < 1.29 is 8.83 Å². The molecule has 0 atom stereocenters. The molecule has 0 aliphatic carbocycles. The molecule has 3 heterocycles. The van der Waals surface area contributed by atoms with E-state index in [1.165, 1.54) is 31.3 Å². The molecule has 0 bridgehead atoms. The molecule has 0 unspecified atom stereocenters. The molecule has 0 aliphatic heterocycles. The summed E-state index contributed by atoms with van der Waals surface area (Å²) in [6, 6.07) is 71.3. The Morgan fingerprint density at radius 2 is 0.966 bits per heavy atom. The van der Waals surface area contributed by atoms with Gasteiger partial charge in [0.25, 0.3) is 0 Å². The predicted molar refractivity (Wildman–Crippen MR) is 245 cm³/mol. The van der Waals surface area contributed by atoms with E-state index in [2.05, 4.69) is 187 Å². The van der Waals surface area contributed by atoms with Crippen molar-refractivity contribution in [2.45, 2.75) is 0 Å². The SMILES string of the molecule is c1ccc(N(c2ccc(-c3cccc4c3sc3ccccc34)cc2)c2ccc(-c3cccc(-c4cccc5oc6ccccc6c45)c3)c3oc4ccccc4c23)cc1. The fraction of sp³-hybridized carbons (Fsp3) is 0. The van der Waals surface area contributed by atoms with Crippen molar-refractivity contribution in [3.8, 4) is 33.4 Å². The van der Waals surface area contributed by atoms with Crippen LogP contribution in [0.15, 0.2) is 209 Å².